The van der Waals surface area contributed by atoms with Crippen molar-refractivity contribution in [2.75, 3.05) is 25.7 Å². The summed E-state index contributed by atoms with van der Waals surface area (Å²) in [5.74, 6) is 0.489. The maximum Gasteiger partial charge on any atom is 0.252 e. The van der Waals surface area contributed by atoms with Gasteiger partial charge in [-0.25, -0.2) is 4.98 Å². The molecule has 5 nitrogen and oxygen atoms in total. The number of ether oxygens (including phenoxy) is 1. The molecular weight excluding hydrogens is 349 g/mol. The molecule has 1 amide bonds. The first kappa shape index (κ1) is 16.8. The number of anilines is 1. The molecule has 0 saturated carbocycles. The van der Waals surface area contributed by atoms with Crippen LogP contribution in [-0.2, 0) is 9.53 Å². The van der Waals surface area contributed by atoms with Gasteiger partial charge in [0.25, 0.3) is 5.91 Å². The van der Waals surface area contributed by atoms with Crippen LogP contribution in [0, 0.1) is 0 Å². The molecule has 1 N–H and O–H groups in total. The van der Waals surface area contributed by atoms with Gasteiger partial charge in [0.2, 0.25) is 0 Å². The van der Waals surface area contributed by atoms with Crippen molar-refractivity contribution in [3.63, 3.8) is 0 Å². The van der Waals surface area contributed by atoms with Crippen molar-refractivity contribution < 1.29 is 9.53 Å². The third-order valence-corrected chi connectivity index (χ3v) is 4.41. The zero-order valence-electron chi connectivity index (χ0n) is 13.1. The summed E-state index contributed by atoms with van der Waals surface area (Å²) in [7, 11) is 3.20. The van der Waals surface area contributed by atoms with Gasteiger partial charge in [-0.1, -0.05) is 35.3 Å². The van der Waals surface area contributed by atoms with Gasteiger partial charge in [0.15, 0.2) is 0 Å². The van der Waals surface area contributed by atoms with E-state index in [0.29, 0.717) is 21.4 Å². The minimum absolute atomic E-state index is 0.0101. The van der Waals surface area contributed by atoms with Crippen molar-refractivity contribution in [2.45, 2.75) is 0 Å². The van der Waals surface area contributed by atoms with E-state index in [0.717, 1.165) is 16.8 Å². The quantitative estimate of drug-likeness (QED) is 0.757. The molecule has 0 aliphatic heterocycles. The first-order valence-corrected chi connectivity index (χ1v) is 7.96. The molecule has 124 valence electrons. The second-order valence-corrected chi connectivity index (χ2v) is 6.09. The van der Waals surface area contributed by atoms with Crippen molar-refractivity contribution in [3.8, 4) is 11.4 Å². The Bertz CT molecular complexity index is 869. The fourth-order valence-electron chi connectivity index (χ4n) is 2.45. The van der Waals surface area contributed by atoms with E-state index in [9.17, 15) is 4.79 Å². The highest BCUT2D eigenvalue weighted by Gasteiger charge is 2.17. The third kappa shape index (κ3) is 3.11. The highest BCUT2D eigenvalue weighted by molar-refractivity contribution is 6.42. The number of nitrogens with zero attached hydrogens (tertiary/aromatic N) is 2. The van der Waals surface area contributed by atoms with E-state index < -0.39 is 0 Å². The lowest BCUT2D eigenvalue weighted by Gasteiger charge is -2.19. The number of para-hydroxylation sites is 1. The summed E-state index contributed by atoms with van der Waals surface area (Å²) >= 11 is 12.1. The first-order valence-electron chi connectivity index (χ1n) is 7.21. The fraction of sp³-hybridized carbons (Fsp3) is 0.176. The predicted molar refractivity (Wildman–Crippen MR) is 96.8 cm³/mol. The summed E-state index contributed by atoms with van der Waals surface area (Å²) in [4.78, 5) is 21.5. The Hall–Kier alpha value is -2.08. The lowest BCUT2D eigenvalue weighted by Crippen LogP contribution is -2.30. The Morgan fingerprint density at radius 2 is 1.96 bits per heavy atom. The molecule has 1 aromatic heterocycles. The number of hydrogen-bond donors (Lipinski definition) is 1. The summed E-state index contributed by atoms with van der Waals surface area (Å²) in [5.41, 5.74) is 3.02. The van der Waals surface area contributed by atoms with E-state index in [2.05, 4.69) is 9.97 Å². The van der Waals surface area contributed by atoms with Crippen LogP contribution in [0.2, 0.25) is 10.0 Å². The molecule has 0 spiro atoms. The van der Waals surface area contributed by atoms with E-state index in [1.165, 1.54) is 7.11 Å². The SMILES string of the molecule is COCC(=O)N(C)c1ccccc1-c1nc2cc(Cl)c(Cl)cc2[nH]1. The first-order chi connectivity index (χ1) is 11.5. The van der Waals surface area contributed by atoms with E-state index in [1.807, 2.05) is 24.3 Å². The van der Waals surface area contributed by atoms with Gasteiger partial charge < -0.3 is 14.6 Å². The normalized spacial score (nSPS) is 11.0. The molecule has 2 aromatic carbocycles. The van der Waals surface area contributed by atoms with Crippen molar-refractivity contribution in [1.82, 2.24) is 9.97 Å². The topological polar surface area (TPSA) is 58.2 Å². The van der Waals surface area contributed by atoms with Crippen LogP contribution in [0.4, 0.5) is 5.69 Å². The Kier molecular flexibility index (Phi) is 4.76. The standard InChI is InChI=1S/C17H15Cl2N3O2/c1-22(16(23)9-24-2)15-6-4-3-5-10(15)17-20-13-7-11(18)12(19)8-14(13)21-17/h3-8H,9H2,1-2H3,(H,20,21). The summed E-state index contributed by atoms with van der Waals surface area (Å²) in [6.45, 7) is 0.0101. The van der Waals surface area contributed by atoms with Crippen molar-refractivity contribution in [2.24, 2.45) is 0 Å². The number of methoxy groups -OCH3 is 1. The maximum absolute atomic E-state index is 12.1. The molecule has 3 rings (SSSR count). The number of amides is 1. The lowest BCUT2D eigenvalue weighted by molar-refractivity contribution is -0.121. The molecule has 0 aliphatic rings. The van der Waals surface area contributed by atoms with Crippen LogP contribution >= 0.6 is 23.2 Å². The van der Waals surface area contributed by atoms with Gasteiger partial charge in [0.1, 0.15) is 12.4 Å². The van der Waals surface area contributed by atoms with Gasteiger partial charge in [-0.05, 0) is 24.3 Å². The highest BCUT2D eigenvalue weighted by atomic mass is 35.5. The number of benzene rings is 2. The zero-order valence-corrected chi connectivity index (χ0v) is 14.6. The molecule has 0 fully saturated rings. The van der Waals surface area contributed by atoms with Gasteiger partial charge in [-0.15, -0.1) is 0 Å². The number of rotatable bonds is 4. The third-order valence-electron chi connectivity index (χ3n) is 3.69. The van der Waals surface area contributed by atoms with Crippen LogP contribution < -0.4 is 4.90 Å². The predicted octanol–water partition coefficient (Wildman–Crippen LogP) is 4.15. The number of likely N-dealkylation sites (N-methyl/N-ethyl adjacent to an activating group) is 1. The minimum atomic E-state index is -0.146. The van der Waals surface area contributed by atoms with Gasteiger partial charge in [0, 0.05) is 19.7 Å². The van der Waals surface area contributed by atoms with E-state index in [1.54, 1.807) is 24.1 Å². The number of carbonyl (C=O) groups excluding carboxylic acids is 1. The molecule has 0 atom stereocenters. The molecule has 24 heavy (non-hydrogen) atoms. The number of halogens is 2. The van der Waals surface area contributed by atoms with Gasteiger partial charge in [-0.3, -0.25) is 4.79 Å². The van der Waals surface area contributed by atoms with Crippen molar-refractivity contribution >= 4 is 45.8 Å². The Labute approximate surface area is 149 Å². The summed E-state index contributed by atoms with van der Waals surface area (Å²) < 4.78 is 4.92. The Morgan fingerprint density at radius 1 is 1.25 bits per heavy atom. The maximum atomic E-state index is 12.1. The second kappa shape index (κ2) is 6.81. The van der Waals surface area contributed by atoms with Crippen LogP contribution in [0.25, 0.3) is 22.4 Å². The number of nitrogens with one attached hydrogen (secondary N) is 1. The number of aromatic amines is 1. The smallest absolute Gasteiger partial charge is 0.252 e. The van der Waals surface area contributed by atoms with Crippen LogP contribution in [0.5, 0.6) is 0 Å². The summed E-state index contributed by atoms with van der Waals surface area (Å²) in [6.07, 6.45) is 0. The second-order valence-electron chi connectivity index (χ2n) is 5.27. The Balaban J connectivity index is 2.08. The molecule has 0 bridgehead atoms. The lowest BCUT2D eigenvalue weighted by atomic mass is 10.1. The van der Waals surface area contributed by atoms with Gasteiger partial charge in [-0.2, -0.15) is 0 Å². The fourth-order valence-corrected chi connectivity index (χ4v) is 2.78. The van der Waals surface area contributed by atoms with Crippen LogP contribution in [0.1, 0.15) is 0 Å². The molecule has 0 radical (unpaired) electrons. The van der Waals surface area contributed by atoms with Gasteiger partial charge in [0.05, 0.1) is 26.8 Å². The summed E-state index contributed by atoms with van der Waals surface area (Å²) in [6, 6.07) is 11.0. The van der Waals surface area contributed by atoms with Crippen molar-refractivity contribution in [3.05, 3.63) is 46.4 Å². The number of fused-ring (bicyclic) bond motifs is 1. The largest absolute Gasteiger partial charge is 0.375 e. The summed E-state index contributed by atoms with van der Waals surface area (Å²) in [5, 5.41) is 0.905. The average Bonchev–Trinajstić information content (AvgIpc) is 2.97. The molecule has 0 unspecified atom stereocenters. The number of aromatic nitrogens is 2. The molecule has 3 aromatic rings. The average molecular weight is 364 g/mol. The number of imidazole rings is 1. The van der Waals surface area contributed by atoms with E-state index in [4.69, 9.17) is 27.9 Å². The molecule has 1 heterocycles. The van der Waals surface area contributed by atoms with Crippen molar-refractivity contribution in [1.29, 1.82) is 0 Å². The van der Waals surface area contributed by atoms with Gasteiger partial charge >= 0.3 is 0 Å². The minimum Gasteiger partial charge on any atom is -0.375 e. The number of H-pyrrole nitrogens is 1. The molecule has 7 heteroatoms. The molecule has 0 aliphatic carbocycles. The van der Waals surface area contributed by atoms with Crippen LogP contribution in [0.15, 0.2) is 36.4 Å². The van der Waals surface area contributed by atoms with E-state index in [-0.39, 0.29) is 12.5 Å². The monoisotopic (exact) mass is 363 g/mol. The Morgan fingerprint density at radius 3 is 2.71 bits per heavy atom. The number of hydrogen-bond acceptors (Lipinski definition) is 3. The van der Waals surface area contributed by atoms with Crippen LogP contribution in [0.3, 0.4) is 0 Å². The van der Waals surface area contributed by atoms with Crippen LogP contribution in [-0.4, -0.2) is 36.6 Å². The molecular formula is C17H15Cl2N3O2. The highest BCUT2D eigenvalue weighted by Crippen LogP contribution is 2.32. The number of carbonyl (C=O) groups is 1. The van der Waals surface area contributed by atoms with E-state index >= 15 is 0 Å². The zero-order chi connectivity index (χ0) is 17.3. The molecule has 0 saturated heterocycles.